The zero-order valence-electron chi connectivity index (χ0n) is 18.4. The van der Waals surface area contributed by atoms with Gasteiger partial charge in [0.15, 0.2) is 4.87 Å². The summed E-state index contributed by atoms with van der Waals surface area (Å²) in [6.45, 7) is 1.00. The Labute approximate surface area is 193 Å². The summed E-state index contributed by atoms with van der Waals surface area (Å²) in [7, 11) is 1.64. The predicted octanol–water partition coefficient (Wildman–Crippen LogP) is 4.49. The molecule has 168 valence electrons. The summed E-state index contributed by atoms with van der Waals surface area (Å²) < 4.78 is 5.36. The molecule has 3 aliphatic rings. The van der Waals surface area contributed by atoms with Crippen molar-refractivity contribution in [2.45, 2.75) is 49.6 Å². The van der Waals surface area contributed by atoms with Crippen molar-refractivity contribution in [3.63, 3.8) is 0 Å². The van der Waals surface area contributed by atoms with Gasteiger partial charge in [0.1, 0.15) is 5.75 Å². The van der Waals surface area contributed by atoms with E-state index in [2.05, 4.69) is 5.32 Å². The van der Waals surface area contributed by atoms with Crippen molar-refractivity contribution >= 4 is 29.4 Å². The molecule has 1 unspecified atom stereocenters. The maximum Gasteiger partial charge on any atom is 0.319 e. The van der Waals surface area contributed by atoms with Crippen molar-refractivity contribution in [1.29, 1.82) is 0 Å². The molecule has 32 heavy (non-hydrogen) atoms. The van der Waals surface area contributed by atoms with Gasteiger partial charge in [-0.1, -0.05) is 49.6 Å². The van der Waals surface area contributed by atoms with Crippen LogP contribution in [0, 0.1) is 0 Å². The zero-order valence-corrected chi connectivity index (χ0v) is 19.2. The minimum absolute atomic E-state index is 0.0391. The first-order chi connectivity index (χ1) is 15.6. The Morgan fingerprint density at radius 2 is 1.97 bits per heavy atom. The average molecular weight is 452 g/mol. The van der Waals surface area contributed by atoms with E-state index in [1.807, 2.05) is 53.4 Å². The number of rotatable bonds is 4. The van der Waals surface area contributed by atoms with Crippen molar-refractivity contribution in [3.05, 3.63) is 59.7 Å². The molecule has 2 aromatic rings. The van der Waals surface area contributed by atoms with Crippen LogP contribution < -0.4 is 15.0 Å². The first-order valence-electron chi connectivity index (χ1n) is 11.4. The number of hydrogen-bond donors (Lipinski definition) is 1. The Morgan fingerprint density at radius 1 is 1.16 bits per heavy atom. The van der Waals surface area contributed by atoms with E-state index in [9.17, 15) is 9.59 Å². The lowest BCUT2D eigenvalue weighted by Gasteiger charge is -2.35. The second kappa shape index (κ2) is 8.70. The van der Waals surface area contributed by atoms with Crippen LogP contribution in [0.1, 0.15) is 43.2 Å². The highest BCUT2D eigenvalue weighted by molar-refractivity contribution is 8.01. The minimum Gasteiger partial charge on any atom is -0.497 e. The predicted molar refractivity (Wildman–Crippen MR) is 127 cm³/mol. The molecule has 0 aromatic heterocycles. The van der Waals surface area contributed by atoms with Gasteiger partial charge in [-0.05, 0) is 36.6 Å². The van der Waals surface area contributed by atoms with Gasteiger partial charge in [0, 0.05) is 23.9 Å². The van der Waals surface area contributed by atoms with Crippen LogP contribution in [-0.4, -0.2) is 42.3 Å². The Balaban J connectivity index is 1.46. The van der Waals surface area contributed by atoms with E-state index in [-0.39, 0.29) is 18.0 Å². The highest BCUT2D eigenvalue weighted by Gasteiger charge is 2.59. The molecule has 1 atom stereocenters. The molecule has 2 aliphatic heterocycles. The summed E-state index contributed by atoms with van der Waals surface area (Å²) >= 11 is 1.57. The van der Waals surface area contributed by atoms with Gasteiger partial charge < -0.3 is 15.0 Å². The molecule has 1 spiro atoms. The molecule has 2 aromatic carbocycles. The number of carbonyl (C=O) groups is 2. The highest BCUT2D eigenvalue weighted by Crippen LogP contribution is 2.54. The number of ether oxygens (including phenoxy) is 1. The van der Waals surface area contributed by atoms with Crippen LogP contribution in [0.3, 0.4) is 0 Å². The molecule has 0 radical (unpaired) electrons. The highest BCUT2D eigenvalue weighted by atomic mass is 32.2. The smallest absolute Gasteiger partial charge is 0.319 e. The number of nitrogens with one attached hydrogen (secondary N) is 1. The lowest BCUT2D eigenvalue weighted by molar-refractivity contribution is -0.123. The SMILES string of the molecule is COc1cccc(CN2C(=O)C3(SCCN3C(=O)NC3CCCCC3)c3ccccc32)c1. The summed E-state index contributed by atoms with van der Waals surface area (Å²) in [5, 5.41) is 3.23. The summed E-state index contributed by atoms with van der Waals surface area (Å²) in [6.07, 6.45) is 5.58. The number of thioether (sulfide) groups is 1. The van der Waals surface area contributed by atoms with Gasteiger partial charge in [0.25, 0.3) is 5.91 Å². The quantitative estimate of drug-likeness (QED) is 0.744. The lowest BCUT2D eigenvalue weighted by atomic mass is 9.95. The zero-order chi connectivity index (χ0) is 22.1. The molecule has 2 fully saturated rings. The average Bonchev–Trinajstić information content (AvgIpc) is 3.37. The Morgan fingerprint density at radius 3 is 2.78 bits per heavy atom. The summed E-state index contributed by atoms with van der Waals surface area (Å²) in [4.78, 5) is 30.0. The Hall–Kier alpha value is -2.67. The number of carbonyl (C=O) groups excluding carboxylic acids is 2. The van der Waals surface area contributed by atoms with Crippen LogP contribution in [0.25, 0.3) is 0 Å². The van der Waals surface area contributed by atoms with E-state index in [0.717, 1.165) is 54.0 Å². The molecule has 1 saturated carbocycles. The van der Waals surface area contributed by atoms with Gasteiger partial charge in [-0.15, -0.1) is 11.8 Å². The van der Waals surface area contributed by atoms with Crippen LogP contribution in [0.15, 0.2) is 48.5 Å². The third kappa shape index (κ3) is 3.52. The van der Waals surface area contributed by atoms with Crippen LogP contribution in [0.2, 0.25) is 0 Å². The van der Waals surface area contributed by atoms with E-state index < -0.39 is 4.87 Å². The van der Waals surface area contributed by atoms with Crippen LogP contribution in [-0.2, 0) is 16.2 Å². The van der Waals surface area contributed by atoms with E-state index in [4.69, 9.17) is 4.74 Å². The number of fused-ring (bicyclic) bond motifs is 2. The van der Waals surface area contributed by atoms with E-state index in [0.29, 0.717) is 13.1 Å². The summed E-state index contributed by atoms with van der Waals surface area (Å²) in [6, 6.07) is 15.8. The summed E-state index contributed by atoms with van der Waals surface area (Å²) in [5.74, 6) is 1.47. The third-order valence-corrected chi connectivity index (χ3v) is 8.17. The number of hydrogen-bond acceptors (Lipinski definition) is 4. The number of para-hydroxylation sites is 1. The van der Waals surface area contributed by atoms with Gasteiger partial charge in [-0.25, -0.2) is 4.79 Å². The number of methoxy groups -OCH3 is 1. The molecule has 1 aliphatic carbocycles. The van der Waals surface area contributed by atoms with Crippen molar-refractivity contribution in [2.24, 2.45) is 0 Å². The number of anilines is 1. The van der Waals surface area contributed by atoms with Crippen LogP contribution in [0.4, 0.5) is 10.5 Å². The first kappa shape index (κ1) is 21.2. The molecular weight excluding hydrogens is 422 g/mol. The van der Waals surface area contributed by atoms with Gasteiger partial charge in [0.05, 0.1) is 19.3 Å². The Bertz CT molecular complexity index is 1020. The normalized spacial score (nSPS) is 23.0. The third-order valence-electron chi connectivity index (χ3n) is 6.75. The fraction of sp³-hybridized carbons (Fsp3) is 0.440. The fourth-order valence-electron chi connectivity index (χ4n) is 5.18. The summed E-state index contributed by atoms with van der Waals surface area (Å²) in [5.41, 5.74) is 2.78. The maximum absolute atomic E-state index is 14.0. The second-order valence-corrected chi connectivity index (χ2v) is 9.98. The lowest BCUT2D eigenvalue weighted by Crippen LogP contribution is -2.55. The van der Waals surface area contributed by atoms with E-state index in [1.165, 1.54) is 6.42 Å². The molecule has 7 heteroatoms. The van der Waals surface area contributed by atoms with E-state index >= 15 is 0 Å². The van der Waals surface area contributed by atoms with Gasteiger partial charge in [-0.3, -0.25) is 9.69 Å². The van der Waals surface area contributed by atoms with Gasteiger partial charge in [0.2, 0.25) is 0 Å². The minimum atomic E-state index is -0.992. The second-order valence-electron chi connectivity index (χ2n) is 8.69. The molecule has 1 N–H and O–H groups in total. The molecule has 6 nitrogen and oxygen atoms in total. The maximum atomic E-state index is 14.0. The number of urea groups is 1. The number of benzene rings is 2. The van der Waals surface area contributed by atoms with Crippen LogP contribution in [0.5, 0.6) is 5.75 Å². The molecule has 3 amide bonds. The van der Waals surface area contributed by atoms with Crippen molar-refractivity contribution in [1.82, 2.24) is 10.2 Å². The number of amides is 3. The van der Waals surface area contributed by atoms with Crippen molar-refractivity contribution in [2.75, 3.05) is 24.3 Å². The molecule has 2 heterocycles. The Kier molecular flexibility index (Phi) is 5.76. The molecule has 1 saturated heterocycles. The van der Waals surface area contributed by atoms with Gasteiger partial charge >= 0.3 is 6.03 Å². The van der Waals surface area contributed by atoms with Crippen molar-refractivity contribution < 1.29 is 14.3 Å². The largest absolute Gasteiger partial charge is 0.497 e. The standard InChI is InChI=1S/C25H29N3O3S/c1-31-20-11-7-8-18(16-20)17-27-22-13-6-5-12-21(22)25(23(27)29)28(14-15-32-25)24(30)26-19-9-3-2-4-10-19/h5-8,11-13,16,19H,2-4,9-10,14-15,17H2,1H3,(H,26,30). The monoisotopic (exact) mass is 451 g/mol. The van der Waals surface area contributed by atoms with Crippen molar-refractivity contribution in [3.8, 4) is 5.75 Å². The molecular formula is C25H29N3O3S. The van der Waals surface area contributed by atoms with Crippen LogP contribution >= 0.6 is 11.8 Å². The number of nitrogens with zero attached hydrogens (tertiary/aromatic N) is 2. The van der Waals surface area contributed by atoms with Gasteiger partial charge in [-0.2, -0.15) is 0 Å². The first-order valence-corrected chi connectivity index (χ1v) is 12.4. The topological polar surface area (TPSA) is 61.9 Å². The molecule has 0 bridgehead atoms. The molecule has 5 rings (SSSR count). The fourth-order valence-corrected chi connectivity index (χ4v) is 6.64. The van der Waals surface area contributed by atoms with E-state index in [1.54, 1.807) is 23.8 Å².